The molecule has 5 rings (SSSR count). The third-order valence-electron chi connectivity index (χ3n) is 6.14. The van der Waals surface area contributed by atoms with Gasteiger partial charge in [0.05, 0.1) is 17.1 Å². The lowest BCUT2D eigenvalue weighted by atomic mass is 9.88. The molecular weight excluding hydrogens is 361 g/mol. The largest absolute Gasteiger partial charge is 0.319 e. The fourth-order valence-corrected chi connectivity index (χ4v) is 5.10. The van der Waals surface area contributed by atoms with Gasteiger partial charge in [-0.2, -0.15) is 0 Å². The van der Waals surface area contributed by atoms with Crippen LogP contribution in [0.5, 0.6) is 0 Å². The topological polar surface area (TPSA) is 21.1 Å². The molecule has 1 aromatic heterocycles. The van der Waals surface area contributed by atoms with Crippen LogP contribution in [0.25, 0.3) is 22.4 Å². The molecule has 3 heterocycles. The van der Waals surface area contributed by atoms with Crippen LogP contribution in [-0.4, -0.2) is 33.6 Å². The van der Waals surface area contributed by atoms with Crippen LogP contribution in [0, 0.1) is 5.82 Å². The Balaban J connectivity index is 1.70. The van der Waals surface area contributed by atoms with Gasteiger partial charge in [0.25, 0.3) is 0 Å². The molecular formula is C22H23ClFN3. The maximum atomic E-state index is 13.5. The molecule has 5 heteroatoms. The second-order valence-corrected chi connectivity index (χ2v) is 8.19. The first-order chi connectivity index (χ1) is 13.2. The number of hydrogen-bond acceptors (Lipinski definition) is 2. The van der Waals surface area contributed by atoms with E-state index in [9.17, 15) is 4.39 Å². The lowest BCUT2D eigenvalue weighted by molar-refractivity contribution is 0.0666. The molecule has 27 heavy (non-hydrogen) atoms. The number of hydrogen-bond donors (Lipinski definition) is 0. The van der Waals surface area contributed by atoms with Gasteiger partial charge >= 0.3 is 0 Å². The van der Waals surface area contributed by atoms with E-state index in [-0.39, 0.29) is 5.82 Å². The average molecular weight is 384 g/mol. The van der Waals surface area contributed by atoms with E-state index in [1.165, 1.54) is 50.9 Å². The number of piperidine rings is 2. The van der Waals surface area contributed by atoms with Gasteiger partial charge in [0.2, 0.25) is 0 Å². The summed E-state index contributed by atoms with van der Waals surface area (Å²) in [7, 11) is 0. The Labute approximate surface area is 163 Å². The van der Waals surface area contributed by atoms with Crippen LogP contribution in [-0.2, 0) is 0 Å². The number of benzene rings is 2. The first-order valence-electron chi connectivity index (χ1n) is 9.88. The summed E-state index contributed by atoms with van der Waals surface area (Å²) in [5, 5.41) is 0.727. The fraction of sp³-hybridized carbons (Fsp3) is 0.409. The number of nitrogens with zero attached hydrogens (tertiary/aromatic N) is 3. The van der Waals surface area contributed by atoms with Crippen molar-refractivity contribution >= 4 is 22.6 Å². The molecule has 0 aliphatic carbocycles. The van der Waals surface area contributed by atoms with Gasteiger partial charge in [-0.05, 0) is 81.2 Å². The highest BCUT2D eigenvalue weighted by Crippen LogP contribution is 2.39. The number of halogens is 2. The van der Waals surface area contributed by atoms with Crippen LogP contribution in [0.3, 0.4) is 0 Å². The zero-order valence-electron chi connectivity index (χ0n) is 15.2. The van der Waals surface area contributed by atoms with E-state index < -0.39 is 0 Å². The first-order valence-corrected chi connectivity index (χ1v) is 10.3. The molecule has 2 saturated heterocycles. The van der Waals surface area contributed by atoms with Crippen molar-refractivity contribution in [2.75, 3.05) is 13.1 Å². The van der Waals surface area contributed by atoms with Crippen LogP contribution in [0.1, 0.15) is 38.1 Å². The van der Waals surface area contributed by atoms with E-state index in [4.69, 9.17) is 16.6 Å². The smallest absolute Gasteiger partial charge is 0.141 e. The number of rotatable bonds is 2. The summed E-state index contributed by atoms with van der Waals surface area (Å²) in [5.74, 6) is 0.699. The monoisotopic (exact) mass is 383 g/mol. The maximum absolute atomic E-state index is 13.5. The molecule has 2 atom stereocenters. The van der Waals surface area contributed by atoms with Crippen molar-refractivity contribution in [3.05, 3.63) is 53.3 Å². The van der Waals surface area contributed by atoms with Gasteiger partial charge in [-0.3, -0.25) is 4.90 Å². The van der Waals surface area contributed by atoms with Crippen LogP contribution < -0.4 is 0 Å². The summed E-state index contributed by atoms with van der Waals surface area (Å²) >= 11 is 6.34. The van der Waals surface area contributed by atoms with Crippen molar-refractivity contribution in [3.63, 3.8) is 0 Å². The van der Waals surface area contributed by atoms with Gasteiger partial charge < -0.3 is 4.57 Å². The Morgan fingerprint density at radius 2 is 1.70 bits per heavy atom. The van der Waals surface area contributed by atoms with Gasteiger partial charge in [0, 0.05) is 16.6 Å². The van der Waals surface area contributed by atoms with E-state index in [1.807, 2.05) is 30.3 Å². The van der Waals surface area contributed by atoms with Crippen LogP contribution in [0.2, 0.25) is 5.02 Å². The minimum atomic E-state index is -0.222. The summed E-state index contributed by atoms with van der Waals surface area (Å²) in [4.78, 5) is 7.59. The molecule has 3 nitrogen and oxygen atoms in total. The first kappa shape index (κ1) is 17.2. The van der Waals surface area contributed by atoms with Crippen molar-refractivity contribution in [1.82, 2.24) is 14.5 Å². The fourth-order valence-electron chi connectivity index (χ4n) is 4.93. The van der Waals surface area contributed by atoms with Gasteiger partial charge in [-0.1, -0.05) is 18.0 Å². The number of fused-ring (bicyclic) bond motifs is 2. The van der Waals surface area contributed by atoms with Crippen molar-refractivity contribution in [3.8, 4) is 11.4 Å². The molecule has 2 aliphatic heterocycles. The lowest BCUT2D eigenvalue weighted by Gasteiger charge is -2.45. The summed E-state index contributed by atoms with van der Waals surface area (Å²) in [6.07, 6.45) is 6.16. The van der Waals surface area contributed by atoms with Crippen molar-refractivity contribution in [1.29, 1.82) is 0 Å². The number of imidazole rings is 1. The molecule has 0 radical (unpaired) electrons. The van der Waals surface area contributed by atoms with Crippen LogP contribution >= 0.6 is 11.6 Å². The molecule has 2 fully saturated rings. The molecule has 0 bridgehead atoms. The highest BCUT2D eigenvalue weighted by molar-refractivity contribution is 6.31. The Kier molecular flexibility index (Phi) is 4.41. The SMILES string of the molecule is Fc1ccc(-c2nc3ccc(Cl)cc3n2C2CCCN3CCCC[C@H]23)cc1. The van der Waals surface area contributed by atoms with Gasteiger partial charge in [0.1, 0.15) is 11.6 Å². The molecule has 140 valence electrons. The van der Waals surface area contributed by atoms with Crippen LogP contribution in [0.15, 0.2) is 42.5 Å². The average Bonchev–Trinajstić information content (AvgIpc) is 3.06. The summed E-state index contributed by atoms with van der Waals surface area (Å²) in [6, 6.07) is 13.5. The predicted octanol–water partition coefficient (Wildman–Crippen LogP) is 5.69. The number of aromatic nitrogens is 2. The van der Waals surface area contributed by atoms with Crippen LogP contribution in [0.4, 0.5) is 4.39 Å². The van der Waals surface area contributed by atoms with Crippen molar-refractivity contribution in [2.24, 2.45) is 0 Å². The minimum absolute atomic E-state index is 0.222. The zero-order valence-corrected chi connectivity index (χ0v) is 16.0. The molecule has 0 amide bonds. The maximum Gasteiger partial charge on any atom is 0.141 e. The Bertz CT molecular complexity index is 964. The highest BCUT2D eigenvalue weighted by Gasteiger charge is 2.36. The second-order valence-electron chi connectivity index (χ2n) is 7.75. The van der Waals surface area contributed by atoms with E-state index in [2.05, 4.69) is 9.47 Å². The minimum Gasteiger partial charge on any atom is -0.319 e. The normalized spacial score (nSPS) is 23.5. The molecule has 2 aliphatic rings. The molecule has 0 spiro atoms. The lowest BCUT2D eigenvalue weighted by Crippen LogP contribution is -2.48. The Morgan fingerprint density at radius 3 is 2.56 bits per heavy atom. The van der Waals surface area contributed by atoms with Gasteiger partial charge in [-0.15, -0.1) is 0 Å². The third-order valence-corrected chi connectivity index (χ3v) is 6.37. The molecule has 1 unspecified atom stereocenters. The summed E-state index contributed by atoms with van der Waals surface area (Å²) in [6.45, 7) is 2.39. The Morgan fingerprint density at radius 1 is 0.926 bits per heavy atom. The van der Waals surface area contributed by atoms with E-state index in [0.29, 0.717) is 12.1 Å². The third kappa shape index (κ3) is 3.05. The molecule has 2 aromatic carbocycles. The summed E-state index contributed by atoms with van der Waals surface area (Å²) in [5.41, 5.74) is 2.99. The van der Waals surface area contributed by atoms with Gasteiger partial charge in [-0.25, -0.2) is 9.37 Å². The highest BCUT2D eigenvalue weighted by atomic mass is 35.5. The predicted molar refractivity (Wildman–Crippen MR) is 108 cm³/mol. The molecule has 3 aromatic rings. The quantitative estimate of drug-likeness (QED) is 0.567. The van der Waals surface area contributed by atoms with Gasteiger partial charge in [0.15, 0.2) is 0 Å². The molecule has 0 N–H and O–H groups in total. The Hall–Kier alpha value is -1.91. The van der Waals surface area contributed by atoms with Crippen molar-refractivity contribution in [2.45, 2.75) is 44.2 Å². The standard InChI is InChI=1S/C22H23ClFN3/c23-16-8-11-18-21(14-16)27(22(25-18)15-6-9-17(24)10-7-15)20-5-3-13-26-12-2-1-4-19(20)26/h6-11,14,19-20H,1-5,12-13H2/t19-,20?/m1/s1. The van der Waals surface area contributed by atoms with E-state index >= 15 is 0 Å². The van der Waals surface area contributed by atoms with E-state index in [0.717, 1.165) is 33.9 Å². The van der Waals surface area contributed by atoms with Crippen molar-refractivity contribution < 1.29 is 4.39 Å². The zero-order chi connectivity index (χ0) is 18.4. The second kappa shape index (κ2) is 6.92. The molecule has 0 saturated carbocycles. The summed E-state index contributed by atoms with van der Waals surface area (Å²) < 4.78 is 15.9. The van der Waals surface area contributed by atoms with E-state index in [1.54, 1.807) is 0 Å².